The van der Waals surface area contributed by atoms with Crippen LogP contribution in [0.4, 0.5) is 5.69 Å². The summed E-state index contributed by atoms with van der Waals surface area (Å²) in [6, 6.07) is 13.7. The Balaban J connectivity index is 1.51. The molecule has 0 spiro atoms. The minimum atomic E-state index is -3.30. The van der Waals surface area contributed by atoms with Gasteiger partial charge in [0.15, 0.2) is 9.84 Å². The zero-order valence-electron chi connectivity index (χ0n) is 19.2. The first-order valence-corrected chi connectivity index (χ1v) is 12.8. The molecule has 1 saturated heterocycles. The molecule has 9 heteroatoms. The highest BCUT2D eigenvalue weighted by Crippen LogP contribution is 2.33. The van der Waals surface area contributed by atoms with Crippen molar-refractivity contribution in [1.29, 1.82) is 0 Å². The fourth-order valence-electron chi connectivity index (χ4n) is 3.77. The Kier molecular flexibility index (Phi) is 7.97. The summed E-state index contributed by atoms with van der Waals surface area (Å²) in [5.41, 5.74) is 0.687. The molecule has 1 aliphatic heterocycles. The van der Waals surface area contributed by atoms with Gasteiger partial charge in [-0.2, -0.15) is 0 Å². The van der Waals surface area contributed by atoms with E-state index in [1.807, 2.05) is 31.2 Å². The monoisotopic (exact) mass is 474 g/mol. The van der Waals surface area contributed by atoms with E-state index in [1.165, 1.54) is 12.1 Å². The van der Waals surface area contributed by atoms with Gasteiger partial charge < -0.3 is 19.3 Å². The highest BCUT2D eigenvalue weighted by Gasteiger charge is 2.37. The maximum atomic E-state index is 12.9. The van der Waals surface area contributed by atoms with Gasteiger partial charge in [-0.05, 0) is 43.7 Å². The summed E-state index contributed by atoms with van der Waals surface area (Å²) in [4.78, 5) is 29.0. The maximum absolute atomic E-state index is 12.9. The first kappa shape index (κ1) is 24.6. The molecular formula is C24H30N2O6S. The third-order valence-electron chi connectivity index (χ3n) is 5.45. The largest absolute Gasteiger partial charge is 0.493 e. The second kappa shape index (κ2) is 10.7. The normalized spacial score (nSPS) is 16.0. The molecule has 178 valence electrons. The summed E-state index contributed by atoms with van der Waals surface area (Å²) in [6.07, 6.45) is 1.89. The molecule has 0 aromatic heterocycles. The van der Waals surface area contributed by atoms with E-state index in [0.29, 0.717) is 49.9 Å². The van der Waals surface area contributed by atoms with Crippen LogP contribution < -0.4 is 14.4 Å². The lowest BCUT2D eigenvalue weighted by Crippen LogP contribution is -2.35. The fourth-order valence-corrected chi connectivity index (χ4v) is 4.43. The molecule has 0 saturated carbocycles. The van der Waals surface area contributed by atoms with Gasteiger partial charge >= 0.3 is 0 Å². The lowest BCUT2D eigenvalue weighted by atomic mass is 10.1. The van der Waals surface area contributed by atoms with Crippen LogP contribution in [-0.4, -0.2) is 64.7 Å². The zero-order chi connectivity index (χ0) is 24.0. The van der Waals surface area contributed by atoms with Crippen molar-refractivity contribution >= 4 is 27.3 Å². The molecule has 8 nitrogen and oxygen atoms in total. The number of rotatable bonds is 10. The minimum absolute atomic E-state index is 0.0844. The second-order valence-corrected chi connectivity index (χ2v) is 10.0. The van der Waals surface area contributed by atoms with E-state index >= 15 is 0 Å². The first-order valence-electron chi connectivity index (χ1n) is 10.9. The molecule has 3 rings (SSSR count). The van der Waals surface area contributed by atoms with Crippen LogP contribution in [0.15, 0.2) is 53.4 Å². The summed E-state index contributed by atoms with van der Waals surface area (Å²) in [6.45, 7) is 3.49. The summed E-state index contributed by atoms with van der Waals surface area (Å²) in [5.74, 6) is 0.509. The summed E-state index contributed by atoms with van der Waals surface area (Å²) in [7, 11) is -1.58. The van der Waals surface area contributed by atoms with Crippen LogP contribution in [-0.2, 0) is 19.4 Å². The van der Waals surface area contributed by atoms with E-state index in [-0.39, 0.29) is 23.1 Å². The zero-order valence-corrected chi connectivity index (χ0v) is 20.0. The Bertz CT molecular complexity index is 1100. The Morgan fingerprint density at radius 3 is 2.64 bits per heavy atom. The average Bonchev–Trinajstić information content (AvgIpc) is 3.17. The Morgan fingerprint density at radius 1 is 1.15 bits per heavy atom. The van der Waals surface area contributed by atoms with Crippen LogP contribution in [0.5, 0.6) is 11.5 Å². The molecule has 0 bridgehead atoms. The Labute approximate surface area is 195 Å². The molecule has 0 radical (unpaired) electrons. The number of hydrogen-bond acceptors (Lipinski definition) is 6. The van der Waals surface area contributed by atoms with Crippen LogP contribution >= 0.6 is 0 Å². The van der Waals surface area contributed by atoms with Gasteiger partial charge in [-0.1, -0.05) is 18.2 Å². The third kappa shape index (κ3) is 6.25. The van der Waals surface area contributed by atoms with Crippen LogP contribution in [0.1, 0.15) is 19.8 Å². The molecule has 33 heavy (non-hydrogen) atoms. The van der Waals surface area contributed by atoms with Crippen LogP contribution in [0.3, 0.4) is 0 Å². The predicted molar refractivity (Wildman–Crippen MR) is 125 cm³/mol. The number of amides is 2. The molecule has 1 heterocycles. The molecule has 0 aliphatic carbocycles. The van der Waals surface area contributed by atoms with Gasteiger partial charge in [-0.25, -0.2) is 8.42 Å². The molecule has 0 N–H and O–H groups in total. The van der Waals surface area contributed by atoms with Gasteiger partial charge in [0.05, 0.1) is 29.7 Å². The summed E-state index contributed by atoms with van der Waals surface area (Å²) >= 11 is 0. The van der Waals surface area contributed by atoms with Crippen LogP contribution in [0, 0.1) is 5.92 Å². The van der Waals surface area contributed by atoms with Gasteiger partial charge in [0.2, 0.25) is 11.8 Å². The topological polar surface area (TPSA) is 93.2 Å². The van der Waals surface area contributed by atoms with E-state index in [1.54, 1.807) is 29.0 Å². The van der Waals surface area contributed by atoms with Gasteiger partial charge in [0.25, 0.3) is 0 Å². The highest BCUT2D eigenvalue weighted by atomic mass is 32.2. The van der Waals surface area contributed by atoms with E-state index in [4.69, 9.17) is 9.47 Å². The van der Waals surface area contributed by atoms with Gasteiger partial charge in [0, 0.05) is 32.8 Å². The maximum Gasteiger partial charge on any atom is 0.227 e. The standard InChI is InChI=1S/C24H30N2O6S/c1-4-31-22-12-6-5-11-21(22)26-17-18(15-23(26)27)24(28)25(2)13-8-14-32-19-9-7-10-20(16-19)33(3,29)30/h5-7,9-12,16,18H,4,8,13-15,17H2,1-3H3. The summed E-state index contributed by atoms with van der Waals surface area (Å²) in [5, 5.41) is 0. The number of ether oxygens (including phenoxy) is 2. The number of carbonyl (C=O) groups is 2. The minimum Gasteiger partial charge on any atom is -0.493 e. The van der Waals surface area contributed by atoms with Crippen molar-refractivity contribution in [1.82, 2.24) is 4.90 Å². The van der Waals surface area contributed by atoms with Gasteiger partial charge in [-0.3, -0.25) is 9.59 Å². The predicted octanol–water partition coefficient (Wildman–Crippen LogP) is 2.77. The van der Waals surface area contributed by atoms with Crippen molar-refractivity contribution in [3.8, 4) is 11.5 Å². The highest BCUT2D eigenvalue weighted by molar-refractivity contribution is 7.90. The third-order valence-corrected chi connectivity index (χ3v) is 6.56. The van der Waals surface area contributed by atoms with Gasteiger partial charge in [0.1, 0.15) is 11.5 Å². The van der Waals surface area contributed by atoms with Crippen molar-refractivity contribution in [3.05, 3.63) is 48.5 Å². The fraction of sp³-hybridized carbons (Fsp3) is 0.417. The first-order chi connectivity index (χ1) is 15.7. The molecule has 1 unspecified atom stereocenters. The number of anilines is 1. The molecular weight excluding hydrogens is 444 g/mol. The molecule has 2 amide bonds. The molecule has 1 fully saturated rings. The van der Waals surface area contributed by atoms with Crippen LogP contribution in [0.25, 0.3) is 0 Å². The number of sulfone groups is 1. The summed E-state index contributed by atoms with van der Waals surface area (Å²) < 4.78 is 34.6. The van der Waals surface area contributed by atoms with E-state index < -0.39 is 15.8 Å². The molecule has 2 aromatic rings. The Morgan fingerprint density at radius 2 is 1.91 bits per heavy atom. The number of benzene rings is 2. The number of carbonyl (C=O) groups excluding carboxylic acids is 2. The van der Waals surface area contributed by atoms with Crippen LogP contribution in [0.2, 0.25) is 0 Å². The SMILES string of the molecule is CCOc1ccccc1N1CC(C(=O)N(C)CCCOc2cccc(S(C)(=O)=O)c2)CC1=O. The average molecular weight is 475 g/mol. The lowest BCUT2D eigenvalue weighted by molar-refractivity contribution is -0.134. The second-order valence-electron chi connectivity index (χ2n) is 8.01. The van der Waals surface area contributed by atoms with E-state index in [9.17, 15) is 18.0 Å². The molecule has 2 aromatic carbocycles. The van der Waals surface area contributed by atoms with Crippen molar-refractivity contribution in [3.63, 3.8) is 0 Å². The molecule has 1 aliphatic rings. The van der Waals surface area contributed by atoms with Crippen molar-refractivity contribution in [2.75, 3.05) is 44.5 Å². The van der Waals surface area contributed by atoms with E-state index in [0.717, 1.165) is 6.26 Å². The number of para-hydroxylation sites is 2. The number of nitrogens with zero attached hydrogens (tertiary/aromatic N) is 2. The van der Waals surface area contributed by atoms with Crippen molar-refractivity contribution < 1.29 is 27.5 Å². The quantitative estimate of drug-likeness (QED) is 0.492. The van der Waals surface area contributed by atoms with Crippen molar-refractivity contribution in [2.45, 2.75) is 24.7 Å². The lowest BCUT2D eigenvalue weighted by Gasteiger charge is -2.22. The Hall–Kier alpha value is -3.07. The van der Waals surface area contributed by atoms with Gasteiger partial charge in [-0.15, -0.1) is 0 Å². The number of hydrogen-bond donors (Lipinski definition) is 0. The van der Waals surface area contributed by atoms with E-state index in [2.05, 4.69) is 0 Å². The smallest absolute Gasteiger partial charge is 0.227 e. The van der Waals surface area contributed by atoms with Crippen molar-refractivity contribution in [2.24, 2.45) is 5.92 Å². The molecule has 1 atom stereocenters.